The average Bonchev–Trinajstić information content (AvgIpc) is 2.82. The molecule has 2 fully saturated rings. The number of carbonyl (C=O) groups excluding carboxylic acids is 3. The first-order valence-electron chi connectivity index (χ1n) is 11.0. The Balaban J connectivity index is 1.43. The second-order valence-electron chi connectivity index (χ2n) is 8.09. The SMILES string of the molecule is CCC(=O)N1CCCC(C(=O)N2CCN(C(=O)CCc3ccc(OC)cc3)CC2)C1. The van der Waals surface area contributed by atoms with Crippen molar-refractivity contribution in [1.29, 1.82) is 0 Å². The molecule has 0 aliphatic carbocycles. The number of amides is 3. The van der Waals surface area contributed by atoms with Gasteiger partial charge in [-0.2, -0.15) is 0 Å². The van der Waals surface area contributed by atoms with Crippen molar-refractivity contribution in [2.24, 2.45) is 5.92 Å². The van der Waals surface area contributed by atoms with Crippen molar-refractivity contribution in [2.45, 2.75) is 39.0 Å². The van der Waals surface area contributed by atoms with E-state index in [1.807, 2.05) is 45.9 Å². The third-order valence-corrected chi connectivity index (χ3v) is 6.16. The Hall–Kier alpha value is -2.57. The Morgan fingerprint density at radius 3 is 2.23 bits per heavy atom. The van der Waals surface area contributed by atoms with Gasteiger partial charge in [0.2, 0.25) is 17.7 Å². The fraction of sp³-hybridized carbons (Fsp3) is 0.609. The molecule has 0 N–H and O–H groups in total. The molecule has 3 rings (SSSR count). The lowest BCUT2D eigenvalue weighted by atomic mass is 9.96. The summed E-state index contributed by atoms with van der Waals surface area (Å²) >= 11 is 0. The minimum absolute atomic E-state index is 0.105. The number of aryl methyl sites for hydroxylation is 1. The van der Waals surface area contributed by atoms with Gasteiger partial charge in [-0.25, -0.2) is 0 Å². The molecule has 2 aliphatic rings. The standard InChI is InChI=1S/C23H33N3O4/c1-3-21(27)26-12-4-5-19(17-26)23(29)25-15-13-24(14-16-25)22(28)11-8-18-6-9-20(30-2)10-7-18/h6-7,9-10,19H,3-5,8,11-17H2,1-2H3. The van der Waals surface area contributed by atoms with Crippen LogP contribution in [0.2, 0.25) is 0 Å². The van der Waals surface area contributed by atoms with E-state index in [1.165, 1.54) is 0 Å². The predicted molar refractivity (Wildman–Crippen MR) is 114 cm³/mol. The van der Waals surface area contributed by atoms with Crippen molar-refractivity contribution in [3.8, 4) is 5.75 Å². The van der Waals surface area contributed by atoms with Gasteiger partial charge in [0.15, 0.2) is 0 Å². The summed E-state index contributed by atoms with van der Waals surface area (Å²) in [7, 11) is 1.64. The van der Waals surface area contributed by atoms with Gasteiger partial charge in [0, 0.05) is 52.1 Å². The summed E-state index contributed by atoms with van der Waals surface area (Å²) in [6.07, 6.45) is 3.37. The molecule has 7 heteroatoms. The number of rotatable bonds is 6. The average molecular weight is 416 g/mol. The maximum Gasteiger partial charge on any atom is 0.227 e. The molecule has 2 heterocycles. The third-order valence-electron chi connectivity index (χ3n) is 6.16. The van der Waals surface area contributed by atoms with Crippen LogP contribution in [0.15, 0.2) is 24.3 Å². The number of likely N-dealkylation sites (tertiary alicyclic amines) is 1. The molecule has 0 radical (unpaired) electrons. The highest BCUT2D eigenvalue weighted by Gasteiger charge is 2.32. The van der Waals surface area contributed by atoms with E-state index in [9.17, 15) is 14.4 Å². The Bertz CT molecular complexity index is 741. The maximum atomic E-state index is 12.9. The van der Waals surface area contributed by atoms with Crippen LogP contribution in [0.25, 0.3) is 0 Å². The zero-order valence-electron chi connectivity index (χ0n) is 18.1. The van der Waals surface area contributed by atoms with E-state index in [1.54, 1.807) is 7.11 Å². The summed E-state index contributed by atoms with van der Waals surface area (Å²) in [4.78, 5) is 43.0. The van der Waals surface area contributed by atoms with Crippen molar-refractivity contribution >= 4 is 17.7 Å². The van der Waals surface area contributed by atoms with Crippen LogP contribution in [0.4, 0.5) is 0 Å². The number of nitrogens with zero attached hydrogens (tertiary/aromatic N) is 3. The van der Waals surface area contributed by atoms with Crippen molar-refractivity contribution in [1.82, 2.24) is 14.7 Å². The molecule has 1 aromatic rings. The number of piperidine rings is 1. The van der Waals surface area contributed by atoms with E-state index in [4.69, 9.17) is 4.74 Å². The van der Waals surface area contributed by atoms with Gasteiger partial charge in [0.1, 0.15) is 5.75 Å². The van der Waals surface area contributed by atoms with E-state index < -0.39 is 0 Å². The molecular weight excluding hydrogens is 382 g/mol. The highest BCUT2D eigenvalue weighted by molar-refractivity contribution is 5.82. The summed E-state index contributed by atoms with van der Waals surface area (Å²) in [5.41, 5.74) is 1.11. The van der Waals surface area contributed by atoms with E-state index in [0.29, 0.717) is 52.0 Å². The van der Waals surface area contributed by atoms with Gasteiger partial charge in [-0.15, -0.1) is 0 Å². The first kappa shape index (κ1) is 22.1. The summed E-state index contributed by atoms with van der Waals surface area (Å²) < 4.78 is 5.16. The van der Waals surface area contributed by atoms with Gasteiger partial charge in [-0.1, -0.05) is 19.1 Å². The second-order valence-corrected chi connectivity index (χ2v) is 8.09. The monoisotopic (exact) mass is 415 g/mol. The van der Waals surface area contributed by atoms with Gasteiger partial charge >= 0.3 is 0 Å². The van der Waals surface area contributed by atoms with Gasteiger partial charge in [-0.3, -0.25) is 14.4 Å². The molecule has 2 aliphatic heterocycles. The number of piperazine rings is 1. The largest absolute Gasteiger partial charge is 0.497 e. The van der Waals surface area contributed by atoms with Crippen LogP contribution in [0, 0.1) is 5.92 Å². The topological polar surface area (TPSA) is 70.2 Å². The number of methoxy groups -OCH3 is 1. The van der Waals surface area contributed by atoms with Gasteiger partial charge in [-0.05, 0) is 37.0 Å². The number of hydrogen-bond acceptors (Lipinski definition) is 4. The van der Waals surface area contributed by atoms with E-state index >= 15 is 0 Å². The van der Waals surface area contributed by atoms with Crippen LogP contribution in [-0.4, -0.2) is 78.8 Å². The lowest BCUT2D eigenvalue weighted by molar-refractivity contribution is -0.145. The number of carbonyl (C=O) groups is 3. The molecule has 2 saturated heterocycles. The van der Waals surface area contributed by atoms with Crippen LogP contribution in [-0.2, 0) is 20.8 Å². The Labute approximate surface area is 179 Å². The molecule has 1 unspecified atom stereocenters. The zero-order valence-corrected chi connectivity index (χ0v) is 18.1. The minimum Gasteiger partial charge on any atom is -0.497 e. The first-order chi connectivity index (χ1) is 14.5. The Kier molecular flexibility index (Phi) is 7.71. The summed E-state index contributed by atoms with van der Waals surface area (Å²) in [5.74, 6) is 1.10. The molecule has 0 spiro atoms. The number of hydrogen-bond donors (Lipinski definition) is 0. The normalized spacial score (nSPS) is 19.5. The lowest BCUT2D eigenvalue weighted by Gasteiger charge is -2.39. The summed E-state index contributed by atoms with van der Waals surface area (Å²) in [6.45, 7) is 5.46. The minimum atomic E-state index is -0.105. The predicted octanol–water partition coefficient (Wildman–Crippen LogP) is 1.95. The smallest absolute Gasteiger partial charge is 0.227 e. The van der Waals surface area contributed by atoms with Crippen LogP contribution in [0.1, 0.15) is 38.2 Å². The number of benzene rings is 1. The summed E-state index contributed by atoms with van der Waals surface area (Å²) in [6, 6.07) is 7.79. The van der Waals surface area contributed by atoms with Crippen LogP contribution in [0.5, 0.6) is 5.75 Å². The van der Waals surface area contributed by atoms with Crippen molar-refractivity contribution in [2.75, 3.05) is 46.4 Å². The van der Waals surface area contributed by atoms with Gasteiger partial charge in [0.25, 0.3) is 0 Å². The van der Waals surface area contributed by atoms with Crippen LogP contribution in [0.3, 0.4) is 0 Å². The van der Waals surface area contributed by atoms with E-state index in [2.05, 4.69) is 0 Å². The molecule has 30 heavy (non-hydrogen) atoms. The molecule has 7 nitrogen and oxygen atoms in total. The van der Waals surface area contributed by atoms with Crippen molar-refractivity contribution < 1.29 is 19.1 Å². The zero-order chi connectivity index (χ0) is 21.5. The van der Waals surface area contributed by atoms with Crippen molar-refractivity contribution in [3.63, 3.8) is 0 Å². The lowest BCUT2D eigenvalue weighted by Crippen LogP contribution is -2.54. The number of ether oxygens (including phenoxy) is 1. The fourth-order valence-corrected chi connectivity index (χ4v) is 4.26. The highest BCUT2D eigenvalue weighted by atomic mass is 16.5. The maximum absolute atomic E-state index is 12.9. The molecule has 164 valence electrons. The third kappa shape index (κ3) is 5.52. The van der Waals surface area contributed by atoms with E-state index in [0.717, 1.165) is 30.7 Å². The Morgan fingerprint density at radius 1 is 0.933 bits per heavy atom. The van der Waals surface area contributed by atoms with E-state index in [-0.39, 0.29) is 23.6 Å². The van der Waals surface area contributed by atoms with Crippen LogP contribution >= 0.6 is 0 Å². The fourth-order valence-electron chi connectivity index (χ4n) is 4.26. The molecule has 0 bridgehead atoms. The quantitative estimate of drug-likeness (QED) is 0.712. The second kappa shape index (κ2) is 10.5. The van der Waals surface area contributed by atoms with Crippen molar-refractivity contribution in [3.05, 3.63) is 29.8 Å². The molecule has 0 saturated carbocycles. The molecule has 1 atom stereocenters. The van der Waals surface area contributed by atoms with Gasteiger partial charge in [0.05, 0.1) is 13.0 Å². The molecule has 0 aromatic heterocycles. The molecule has 3 amide bonds. The van der Waals surface area contributed by atoms with Gasteiger partial charge < -0.3 is 19.4 Å². The molecular formula is C23H33N3O4. The molecule has 1 aromatic carbocycles. The summed E-state index contributed by atoms with van der Waals surface area (Å²) in [5, 5.41) is 0. The Morgan fingerprint density at radius 2 is 1.60 bits per heavy atom. The van der Waals surface area contributed by atoms with Crippen LogP contribution < -0.4 is 4.74 Å². The highest BCUT2D eigenvalue weighted by Crippen LogP contribution is 2.21. The first-order valence-corrected chi connectivity index (χ1v) is 11.0.